The molecule has 2 rings (SSSR count). The van der Waals surface area contributed by atoms with Gasteiger partial charge in [-0.25, -0.2) is 0 Å². The second kappa shape index (κ2) is 14.5. The van der Waals surface area contributed by atoms with Crippen LogP contribution < -0.4 is 21.3 Å². The zero-order chi connectivity index (χ0) is 27.2. The molecule has 0 bridgehead atoms. The fourth-order valence-electron chi connectivity index (χ4n) is 2.99. The fraction of sp³-hybridized carbons (Fsp3) is 0.185. The van der Waals surface area contributed by atoms with Crippen LogP contribution in [0.4, 0.5) is 11.4 Å². The van der Waals surface area contributed by atoms with Gasteiger partial charge in [0.15, 0.2) is 0 Å². The summed E-state index contributed by atoms with van der Waals surface area (Å²) in [5, 5.41) is 10.9. The van der Waals surface area contributed by atoms with Gasteiger partial charge in [-0.1, -0.05) is 12.7 Å². The van der Waals surface area contributed by atoms with Crippen LogP contribution in [0.1, 0.15) is 41.0 Å². The minimum Gasteiger partial charge on any atom is -0.352 e. The Morgan fingerprint density at radius 3 is 2.19 bits per heavy atom. The number of allylic oxidation sites excluding steroid dienone is 1. The van der Waals surface area contributed by atoms with E-state index in [1.165, 1.54) is 36.8 Å². The molecule has 2 aromatic rings. The van der Waals surface area contributed by atoms with Crippen molar-refractivity contribution in [2.45, 2.75) is 20.3 Å². The van der Waals surface area contributed by atoms with Gasteiger partial charge in [-0.3, -0.25) is 29.2 Å². The van der Waals surface area contributed by atoms with Crippen molar-refractivity contribution in [3.8, 4) is 0 Å². The average Bonchev–Trinajstić information content (AvgIpc) is 2.88. The quantitative estimate of drug-likeness (QED) is 0.153. The number of anilines is 2. The van der Waals surface area contributed by atoms with E-state index < -0.39 is 17.7 Å². The third kappa shape index (κ3) is 9.36. The predicted molar refractivity (Wildman–Crippen MR) is 144 cm³/mol. The molecule has 0 fully saturated rings. The van der Waals surface area contributed by atoms with E-state index in [2.05, 4.69) is 44.5 Å². The summed E-state index contributed by atoms with van der Waals surface area (Å²) >= 11 is 0. The van der Waals surface area contributed by atoms with Crippen LogP contribution in [0.3, 0.4) is 0 Å². The van der Waals surface area contributed by atoms with E-state index in [4.69, 9.17) is 0 Å². The van der Waals surface area contributed by atoms with Crippen molar-refractivity contribution in [1.29, 1.82) is 0 Å². The number of rotatable bonds is 12. The van der Waals surface area contributed by atoms with Gasteiger partial charge < -0.3 is 21.3 Å². The van der Waals surface area contributed by atoms with Crippen LogP contribution >= 0.6 is 0 Å². The Hall–Kier alpha value is -4.86. The summed E-state index contributed by atoms with van der Waals surface area (Å²) in [6.07, 6.45) is 7.98. The van der Waals surface area contributed by atoms with E-state index in [0.717, 1.165) is 0 Å². The third-order valence-electron chi connectivity index (χ3n) is 4.90. The van der Waals surface area contributed by atoms with Gasteiger partial charge in [0.2, 0.25) is 5.91 Å². The lowest BCUT2D eigenvalue weighted by atomic mass is 10.1. The SMILES string of the molecule is C=N/C=C\C(=C/C)C(=O)Nc1cc(NC(=O)c2ccncc2)cc(C(=O)NCCCNC(=O)C(=C)C)c1. The minimum absolute atomic E-state index is 0.221. The van der Waals surface area contributed by atoms with Gasteiger partial charge >= 0.3 is 0 Å². The normalized spacial score (nSPS) is 10.9. The second-order valence-corrected chi connectivity index (χ2v) is 7.83. The number of carbonyl (C=O) groups is 4. The Bertz CT molecular complexity index is 1230. The van der Waals surface area contributed by atoms with E-state index in [9.17, 15) is 19.2 Å². The highest BCUT2D eigenvalue weighted by atomic mass is 16.2. The Kier molecular flexibility index (Phi) is 11.1. The predicted octanol–water partition coefficient (Wildman–Crippen LogP) is 3.25. The standard InChI is InChI=1S/C27H30N6O4/c1-5-19(7-12-28-4)26(36)32-22-15-21(25(35)31-11-6-10-30-24(34)18(2)3)16-23(17-22)33-27(37)20-8-13-29-14-9-20/h5,7-9,12-17H,2,4,6,10-11H2,1,3H3,(H,30,34)(H,31,35)(H,32,36)(H,33,37)/b12-7-,19-5+. The zero-order valence-corrected chi connectivity index (χ0v) is 20.8. The van der Waals surface area contributed by atoms with Crippen molar-refractivity contribution in [1.82, 2.24) is 15.6 Å². The molecule has 1 aromatic heterocycles. The number of aromatic nitrogens is 1. The van der Waals surface area contributed by atoms with Gasteiger partial charge in [0.25, 0.3) is 17.7 Å². The summed E-state index contributed by atoms with van der Waals surface area (Å²) in [6.45, 7) is 10.9. The molecule has 4 N–H and O–H groups in total. The molecule has 10 nitrogen and oxygen atoms in total. The summed E-state index contributed by atoms with van der Waals surface area (Å²) in [5.74, 6) is -1.49. The Morgan fingerprint density at radius 2 is 1.57 bits per heavy atom. The van der Waals surface area contributed by atoms with Crippen LogP contribution in [-0.2, 0) is 9.59 Å². The van der Waals surface area contributed by atoms with Crippen LogP contribution in [0.15, 0.2) is 83.8 Å². The molecule has 0 saturated heterocycles. The minimum atomic E-state index is -0.431. The van der Waals surface area contributed by atoms with Gasteiger partial charge in [0.05, 0.1) is 0 Å². The van der Waals surface area contributed by atoms with Crippen LogP contribution in [0.2, 0.25) is 0 Å². The molecule has 37 heavy (non-hydrogen) atoms. The number of carbonyl (C=O) groups excluding carboxylic acids is 4. The molecule has 0 aliphatic heterocycles. The molecule has 0 atom stereocenters. The maximum absolute atomic E-state index is 12.8. The maximum Gasteiger partial charge on any atom is 0.255 e. The summed E-state index contributed by atoms with van der Waals surface area (Å²) in [6, 6.07) is 7.66. The summed E-state index contributed by atoms with van der Waals surface area (Å²) < 4.78 is 0. The highest BCUT2D eigenvalue weighted by molar-refractivity contribution is 6.08. The number of hydrogen-bond donors (Lipinski definition) is 4. The highest BCUT2D eigenvalue weighted by Crippen LogP contribution is 2.21. The van der Waals surface area contributed by atoms with Crippen molar-refractivity contribution >= 4 is 41.7 Å². The van der Waals surface area contributed by atoms with Crippen molar-refractivity contribution < 1.29 is 19.2 Å². The molecule has 0 aliphatic carbocycles. The highest BCUT2D eigenvalue weighted by Gasteiger charge is 2.14. The molecule has 0 spiro atoms. The van der Waals surface area contributed by atoms with Crippen LogP contribution in [-0.4, -0.2) is 48.4 Å². The third-order valence-corrected chi connectivity index (χ3v) is 4.90. The molecule has 1 heterocycles. The van der Waals surface area contributed by atoms with Crippen molar-refractivity contribution in [2.24, 2.45) is 4.99 Å². The number of aliphatic imine (C=N–C) groups is 1. The molecule has 1 aromatic carbocycles. The van der Waals surface area contributed by atoms with E-state index in [0.29, 0.717) is 47.6 Å². The number of nitrogens with zero attached hydrogens (tertiary/aromatic N) is 2. The average molecular weight is 503 g/mol. The lowest BCUT2D eigenvalue weighted by Crippen LogP contribution is -2.30. The Balaban J connectivity index is 2.20. The van der Waals surface area contributed by atoms with Crippen molar-refractivity contribution in [2.75, 3.05) is 23.7 Å². The number of nitrogens with one attached hydrogen (secondary N) is 4. The summed E-state index contributed by atoms with van der Waals surface area (Å²) in [4.78, 5) is 57.2. The number of amides is 4. The lowest BCUT2D eigenvalue weighted by molar-refractivity contribution is -0.117. The maximum atomic E-state index is 12.8. The topological polar surface area (TPSA) is 142 Å². The molecule has 0 unspecified atom stereocenters. The van der Waals surface area contributed by atoms with Gasteiger partial charge in [-0.15, -0.1) is 0 Å². The lowest BCUT2D eigenvalue weighted by Gasteiger charge is -2.13. The van der Waals surface area contributed by atoms with Crippen LogP contribution in [0, 0.1) is 0 Å². The Morgan fingerprint density at radius 1 is 0.919 bits per heavy atom. The molecule has 10 heteroatoms. The van der Waals surface area contributed by atoms with Crippen LogP contribution in [0.25, 0.3) is 0 Å². The number of benzene rings is 1. The fourth-order valence-corrected chi connectivity index (χ4v) is 2.99. The first-order chi connectivity index (χ1) is 17.7. The number of hydrogen-bond acceptors (Lipinski definition) is 6. The van der Waals surface area contributed by atoms with Crippen LogP contribution in [0.5, 0.6) is 0 Å². The van der Waals surface area contributed by atoms with Gasteiger partial charge in [0.1, 0.15) is 0 Å². The first-order valence-corrected chi connectivity index (χ1v) is 11.4. The molecule has 0 aliphatic rings. The molecular weight excluding hydrogens is 472 g/mol. The molecule has 0 saturated carbocycles. The van der Waals surface area contributed by atoms with Gasteiger partial charge in [0, 0.05) is 65.3 Å². The smallest absolute Gasteiger partial charge is 0.255 e. The Labute approximate surface area is 215 Å². The van der Waals surface area contributed by atoms with Crippen molar-refractivity contribution in [3.63, 3.8) is 0 Å². The molecule has 0 radical (unpaired) electrons. The van der Waals surface area contributed by atoms with Crippen molar-refractivity contribution in [3.05, 3.63) is 89.9 Å². The van der Waals surface area contributed by atoms with E-state index >= 15 is 0 Å². The molecular formula is C27H30N6O4. The summed E-state index contributed by atoms with van der Waals surface area (Å²) in [7, 11) is 0. The number of pyridine rings is 1. The van der Waals surface area contributed by atoms with E-state index in [1.54, 1.807) is 38.1 Å². The second-order valence-electron chi connectivity index (χ2n) is 7.83. The van der Waals surface area contributed by atoms with Gasteiger partial charge in [-0.2, -0.15) is 0 Å². The zero-order valence-electron chi connectivity index (χ0n) is 20.8. The molecule has 4 amide bonds. The van der Waals surface area contributed by atoms with E-state index in [-0.39, 0.29) is 11.5 Å². The first kappa shape index (κ1) is 28.4. The molecule has 192 valence electrons. The summed E-state index contributed by atoms with van der Waals surface area (Å²) in [5.41, 5.74) is 1.95. The first-order valence-electron chi connectivity index (χ1n) is 11.4. The van der Waals surface area contributed by atoms with Gasteiger partial charge in [-0.05, 0) is 63.4 Å². The van der Waals surface area contributed by atoms with E-state index in [1.807, 2.05) is 0 Å². The largest absolute Gasteiger partial charge is 0.352 e. The monoisotopic (exact) mass is 502 g/mol.